The van der Waals surface area contributed by atoms with Crippen molar-refractivity contribution in [3.63, 3.8) is 0 Å². The van der Waals surface area contributed by atoms with E-state index in [0.29, 0.717) is 30.6 Å². The zero-order chi connectivity index (χ0) is 12.5. The maximum absolute atomic E-state index is 11.6. The molecule has 0 aromatic carbocycles. The lowest BCUT2D eigenvalue weighted by Crippen LogP contribution is -2.35. The summed E-state index contributed by atoms with van der Waals surface area (Å²) in [5.74, 6) is -0.414. The number of aliphatic hydroxyl groups is 1. The summed E-state index contributed by atoms with van der Waals surface area (Å²) in [7, 11) is 3.10. The van der Waals surface area contributed by atoms with Crippen LogP contribution in [0.1, 0.15) is 22.5 Å². The van der Waals surface area contributed by atoms with Crippen LogP contribution in [-0.4, -0.2) is 46.7 Å². The Labute approximate surface area is 99.6 Å². The number of nitrogens with zero attached hydrogens (tertiary/aromatic N) is 2. The lowest BCUT2D eigenvalue weighted by atomic mass is 9.95. The summed E-state index contributed by atoms with van der Waals surface area (Å²) in [5, 5.41) is 17.5. The average Bonchev–Trinajstić information content (AvgIpc) is 2.87. The summed E-state index contributed by atoms with van der Waals surface area (Å²) in [6.45, 7) is 1.33. The first kappa shape index (κ1) is 12.1. The van der Waals surface area contributed by atoms with E-state index in [4.69, 9.17) is 4.74 Å². The highest BCUT2D eigenvalue weighted by Crippen LogP contribution is 2.22. The molecule has 6 heteroatoms. The normalized spacial score (nSPS) is 23.9. The smallest absolute Gasteiger partial charge is 0.341 e. The third-order valence-electron chi connectivity index (χ3n) is 3.18. The molecule has 2 rings (SSSR count). The van der Waals surface area contributed by atoms with Gasteiger partial charge in [-0.1, -0.05) is 0 Å². The fourth-order valence-electron chi connectivity index (χ4n) is 2.15. The lowest BCUT2D eigenvalue weighted by Gasteiger charge is -2.21. The van der Waals surface area contributed by atoms with Gasteiger partial charge in [0.25, 0.3) is 0 Å². The number of hydrogen-bond acceptors (Lipinski definition) is 5. The highest BCUT2D eigenvalue weighted by atomic mass is 16.5. The molecule has 0 amide bonds. The molecule has 1 aliphatic heterocycles. The molecule has 1 saturated heterocycles. The maximum Gasteiger partial charge on any atom is 0.341 e. The van der Waals surface area contributed by atoms with Crippen LogP contribution in [0.4, 0.5) is 0 Å². The summed E-state index contributed by atoms with van der Waals surface area (Å²) < 4.78 is 6.31. The van der Waals surface area contributed by atoms with E-state index in [0.717, 1.165) is 6.54 Å². The number of carbonyl (C=O) groups excluding carboxylic acids is 1. The minimum absolute atomic E-state index is 0.404. The number of hydrogen-bond donors (Lipinski definition) is 2. The predicted molar refractivity (Wildman–Crippen MR) is 60.7 cm³/mol. The third-order valence-corrected chi connectivity index (χ3v) is 3.18. The van der Waals surface area contributed by atoms with Crippen molar-refractivity contribution in [3.8, 4) is 0 Å². The second kappa shape index (κ2) is 4.46. The number of methoxy groups -OCH3 is 1. The Bertz CT molecular complexity index is 422. The van der Waals surface area contributed by atoms with Crippen LogP contribution in [0.5, 0.6) is 0 Å². The molecule has 1 aliphatic rings. The summed E-state index contributed by atoms with van der Waals surface area (Å²) in [4.78, 5) is 11.6. The number of rotatable bonds is 3. The Hall–Kier alpha value is -1.40. The summed E-state index contributed by atoms with van der Waals surface area (Å²) in [6, 6.07) is 0. The topological polar surface area (TPSA) is 76.4 Å². The van der Waals surface area contributed by atoms with Crippen molar-refractivity contribution in [1.82, 2.24) is 15.1 Å². The largest absolute Gasteiger partial charge is 0.465 e. The van der Waals surface area contributed by atoms with Crippen LogP contribution in [-0.2, 0) is 18.2 Å². The van der Waals surface area contributed by atoms with Gasteiger partial charge in [0.15, 0.2) is 0 Å². The molecule has 0 bridgehead atoms. The fraction of sp³-hybridized carbons (Fsp3) is 0.636. The minimum Gasteiger partial charge on any atom is -0.465 e. The highest BCUT2D eigenvalue weighted by Gasteiger charge is 2.34. The lowest BCUT2D eigenvalue weighted by molar-refractivity contribution is 0.0559. The Morgan fingerprint density at radius 1 is 1.76 bits per heavy atom. The van der Waals surface area contributed by atoms with Gasteiger partial charge in [0.05, 0.1) is 24.6 Å². The van der Waals surface area contributed by atoms with Crippen LogP contribution in [0.25, 0.3) is 0 Å². The van der Waals surface area contributed by atoms with E-state index < -0.39 is 11.6 Å². The van der Waals surface area contributed by atoms with Crippen molar-refractivity contribution in [3.05, 3.63) is 17.5 Å². The molecule has 94 valence electrons. The first-order chi connectivity index (χ1) is 8.06. The average molecular weight is 239 g/mol. The van der Waals surface area contributed by atoms with Gasteiger partial charge in [0, 0.05) is 20.0 Å². The Morgan fingerprint density at radius 2 is 2.53 bits per heavy atom. The van der Waals surface area contributed by atoms with Crippen LogP contribution >= 0.6 is 0 Å². The summed E-state index contributed by atoms with van der Waals surface area (Å²) in [6.07, 6.45) is 2.56. The number of aromatic nitrogens is 2. The minimum atomic E-state index is -0.795. The highest BCUT2D eigenvalue weighted by molar-refractivity contribution is 5.90. The molecule has 1 unspecified atom stereocenters. The molecule has 2 N–H and O–H groups in total. The van der Waals surface area contributed by atoms with Gasteiger partial charge in [-0.3, -0.25) is 4.68 Å². The first-order valence-corrected chi connectivity index (χ1v) is 5.58. The van der Waals surface area contributed by atoms with E-state index in [1.165, 1.54) is 13.3 Å². The molecule has 1 atom stereocenters. The number of ether oxygens (including phenoxy) is 1. The third kappa shape index (κ3) is 2.32. The fourth-order valence-corrected chi connectivity index (χ4v) is 2.15. The summed E-state index contributed by atoms with van der Waals surface area (Å²) >= 11 is 0. The van der Waals surface area contributed by atoms with E-state index in [1.807, 2.05) is 0 Å². The van der Waals surface area contributed by atoms with Crippen LogP contribution < -0.4 is 5.32 Å². The monoisotopic (exact) mass is 239 g/mol. The van der Waals surface area contributed by atoms with Crippen molar-refractivity contribution in [2.75, 3.05) is 20.2 Å². The second-order valence-corrected chi connectivity index (χ2v) is 4.45. The van der Waals surface area contributed by atoms with Gasteiger partial charge in [-0.05, 0) is 13.0 Å². The van der Waals surface area contributed by atoms with Gasteiger partial charge in [-0.25, -0.2) is 4.79 Å². The molecular formula is C11H17N3O3. The maximum atomic E-state index is 11.6. The number of aryl methyl sites for hydroxylation is 1. The van der Waals surface area contributed by atoms with Crippen molar-refractivity contribution in [2.24, 2.45) is 7.05 Å². The van der Waals surface area contributed by atoms with E-state index in [-0.39, 0.29) is 0 Å². The van der Waals surface area contributed by atoms with Crippen LogP contribution in [0, 0.1) is 0 Å². The van der Waals surface area contributed by atoms with Crippen LogP contribution in [0.2, 0.25) is 0 Å². The van der Waals surface area contributed by atoms with E-state index in [1.54, 1.807) is 11.7 Å². The van der Waals surface area contributed by atoms with Crippen LogP contribution in [0.3, 0.4) is 0 Å². The molecule has 0 radical (unpaired) electrons. The number of nitrogens with one attached hydrogen (secondary N) is 1. The molecule has 1 aromatic rings. The quantitative estimate of drug-likeness (QED) is 0.694. The van der Waals surface area contributed by atoms with Crippen molar-refractivity contribution >= 4 is 5.97 Å². The van der Waals surface area contributed by atoms with Gasteiger partial charge in [-0.2, -0.15) is 5.10 Å². The zero-order valence-corrected chi connectivity index (χ0v) is 10.1. The van der Waals surface area contributed by atoms with Gasteiger partial charge < -0.3 is 15.2 Å². The van der Waals surface area contributed by atoms with E-state index >= 15 is 0 Å². The number of β-amino-alcohol motifs (C(OH)–C–C–N with tert-alkyl or cyclic N) is 1. The number of esters is 1. The Kier molecular flexibility index (Phi) is 3.17. The molecule has 6 nitrogen and oxygen atoms in total. The van der Waals surface area contributed by atoms with E-state index in [2.05, 4.69) is 10.4 Å². The van der Waals surface area contributed by atoms with Gasteiger partial charge >= 0.3 is 5.97 Å². The molecular weight excluding hydrogens is 222 g/mol. The van der Waals surface area contributed by atoms with Gasteiger partial charge in [0.1, 0.15) is 5.56 Å². The molecule has 1 fully saturated rings. The molecule has 0 saturated carbocycles. The zero-order valence-electron chi connectivity index (χ0n) is 10.1. The number of carbonyl (C=O) groups is 1. The SMILES string of the molecule is COC(=O)c1cnn(C)c1CC1(O)CCNC1. The van der Waals surface area contributed by atoms with Gasteiger partial charge in [0.2, 0.25) is 0 Å². The van der Waals surface area contributed by atoms with Gasteiger partial charge in [-0.15, -0.1) is 0 Å². The molecule has 0 spiro atoms. The molecule has 1 aromatic heterocycles. The second-order valence-electron chi connectivity index (χ2n) is 4.45. The molecule has 2 heterocycles. The predicted octanol–water partition coefficient (Wildman–Crippen LogP) is -0.526. The van der Waals surface area contributed by atoms with Crippen molar-refractivity contribution < 1.29 is 14.6 Å². The first-order valence-electron chi connectivity index (χ1n) is 5.58. The Balaban J connectivity index is 2.25. The molecule has 17 heavy (non-hydrogen) atoms. The summed E-state index contributed by atoms with van der Waals surface area (Å²) in [5.41, 5.74) is 0.342. The van der Waals surface area contributed by atoms with Crippen LogP contribution in [0.15, 0.2) is 6.20 Å². The molecule has 0 aliphatic carbocycles. The van der Waals surface area contributed by atoms with Crippen molar-refractivity contribution in [2.45, 2.75) is 18.4 Å². The van der Waals surface area contributed by atoms with Crippen molar-refractivity contribution in [1.29, 1.82) is 0 Å². The standard InChI is InChI=1S/C11H17N3O3/c1-14-9(5-11(16)3-4-12-7-11)8(6-13-14)10(15)17-2/h6,12,16H,3-5,7H2,1-2H3. The van der Waals surface area contributed by atoms with E-state index in [9.17, 15) is 9.90 Å². The Morgan fingerprint density at radius 3 is 3.12 bits per heavy atom.